The van der Waals surface area contributed by atoms with Gasteiger partial charge in [0, 0.05) is 6.42 Å². The Hall–Kier alpha value is -1.81. The third-order valence-electron chi connectivity index (χ3n) is 7.60. The fourth-order valence-electron chi connectivity index (χ4n) is 5.34. The van der Waals surface area contributed by atoms with Crippen LogP contribution < -0.4 is 5.73 Å². The fourth-order valence-corrected chi connectivity index (χ4v) is 5.34. The van der Waals surface area contributed by atoms with Crippen LogP contribution in [0.4, 0.5) is 5.82 Å². The molecule has 0 bridgehead atoms. The van der Waals surface area contributed by atoms with Crippen LogP contribution in [-0.2, 0) is 11.2 Å². The molecule has 1 aliphatic heterocycles. The Labute approximate surface area is 221 Å². The zero-order valence-corrected chi connectivity index (χ0v) is 22.7. The summed E-state index contributed by atoms with van der Waals surface area (Å²) in [6, 6.07) is 0. The first kappa shape index (κ1) is 29.7. The van der Waals surface area contributed by atoms with Gasteiger partial charge in [-0.1, -0.05) is 103 Å². The SMILES string of the molecule is CCCCCCCCCCCCCCCCCCc1nc2c(N)ncnc2n1[C@@H]1O[C@H](CO)[C@@H](O)[C@H]1O. The van der Waals surface area contributed by atoms with Gasteiger partial charge in [0.05, 0.1) is 6.61 Å². The summed E-state index contributed by atoms with van der Waals surface area (Å²) in [5, 5.41) is 30.3. The van der Waals surface area contributed by atoms with Crippen LogP contribution in [0.15, 0.2) is 6.33 Å². The van der Waals surface area contributed by atoms with Gasteiger partial charge in [-0.3, -0.25) is 4.57 Å². The number of nitrogens with two attached hydrogens (primary N) is 1. The number of rotatable bonds is 19. The molecule has 4 atom stereocenters. The molecule has 0 spiro atoms. The smallest absolute Gasteiger partial charge is 0.167 e. The lowest BCUT2D eigenvalue weighted by atomic mass is 10.0. The lowest BCUT2D eigenvalue weighted by molar-refractivity contribution is -0.0523. The largest absolute Gasteiger partial charge is 0.394 e. The zero-order valence-electron chi connectivity index (χ0n) is 22.7. The molecule has 37 heavy (non-hydrogen) atoms. The lowest BCUT2D eigenvalue weighted by Gasteiger charge is -2.19. The van der Waals surface area contributed by atoms with E-state index in [1.165, 1.54) is 96.2 Å². The van der Waals surface area contributed by atoms with Gasteiger partial charge < -0.3 is 25.8 Å². The Morgan fingerprint density at radius 2 is 1.35 bits per heavy atom. The number of aromatic nitrogens is 4. The first-order valence-electron chi connectivity index (χ1n) is 14.7. The maximum atomic E-state index is 10.6. The maximum Gasteiger partial charge on any atom is 0.167 e. The first-order valence-corrected chi connectivity index (χ1v) is 14.7. The molecule has 0 radical (unpaired) electrons. The molecule has 0 aliphatic carbocycles. The van der Waals surface area contributed by atoms with Crippen LogP contribution in [0.5, 0.6) is 0 Å². The summed E-state index contributed by atoms with van der Waals surface area (Å²) >= 11 is 0. The summed E-state index contributed by atoms with van der Waals surface area (Å²) in [7, 11) is 0. The average Bonchev–Trinajstić information content (AvgIpc) is 3.41. The van der Waals surface area contributed by atoms with E-state index < -0.39 is 24.5 Å². The molecule has 3 rings (SSSR count). The number of nitrogen functional groups attached to an aromatic ring is 1. The van der Waals surface area contributed by atoms with Gasteiger partial charge >= 0.3 is 0 Å². The number of unbranched alkanes of at least 4 members (excludes halogenated alkanes) is 15. The summed E-state index contributed by atoms with van der Waals surface area (Å²) in [5.74, 6) is 0.964. The van der Waals surface area contributed by atoms with Gasteiger partial charge in [0.25, 0.3) is 0 Å². The minimum Gasteiger partial charge on any atom is -0.394 e. The number of aryl methyl sites for hydroxylation is 1. The molecule has 1 fully saturated rings. The van der Waals surface area contributed by atoms with E-state index in [4.69, 9.17) is 10.5 Å². The summed E-state index contributed by atoms with van der Waals surface area (Å²) in [6.45, 7) is 1.89. The third-order valence-corrected chi connectivity index (χ3v) is 7.60. The van der Waals surface area contributed by atoms with E-state index >= 15 is 0 Å². The number of anilines is 1. The fraction of sp³-hybridized carbons (Fsp3) is 0.821. The van der Waals surface area contributed by atoms with Crippen molar-refractivity contribution in [3.8, 4) is 0 Å². The topological polar surface area (TPSA) is 140 Å². The van der Waals surface area contributed by atoms with Crippen molar-refractivity contribution in [1.82, 2.24) is 19.5 Å². The van der Waals surface area contributed by atoms with Gasteiger partial charge in [-0.05, 0) is 6.42 Å². The monoisotopic (exact) mass is 519 g/mol. The van der Waals surface area contributed by atoms with E-state index in [0.29, 0.717) is 23.4 Å². The Balaban J connectivity index is 1.35. The van der Waals surface area contributed by atoms with Gasteiger partial charge in [0.15, 0.2) is 23.2 Å². The molecule has 0 unspecified atom stereocenters. The maximum absolute atomic E-state index is 10.6. The molecular weight excluding hydrogens is 470 g/mol. The van der Waals surface area contributed by atoms with E-state index in [-0.39, 0.29) is 12.4 Å². The number of hydrogen-bond acceptors (Lipinski definition) is 8. The Bertz CT molecular complexity index is 908. The minimum atomic E-state index is -1.20. The van der Waals surface area contributed by atoms with Crippen molar-refractivity contribution in [2.24, 2.45) is 0 Å². The van der Waals surface area contributed by atoms with Gasteiger partial charge in [-0.25, -0.2) is 15.0 Å². The summed E-state index contributed by atoms with van der Waals surface area (Å²) in [4.78, 5) is 13.0. The molecule has 1 saturated heterocycles. The Morgan fingerprint density at radius 1 is 0.811 bits per heavy atom. The normalized spacial score (nSPS) is 21.8. The number of imidazole rings is 1. The van der Waals surface area contributed by atoms with Crippen molar-refractivity contribution in [2.45, 2.75) is 141 Å². The van der Waals surface area contributed by atoms with E-state index in [9.17, 15) is 15.3 Å². The molecule has 0 aromatic carbocycles. The first-order chi connectivity index (χ1) is 18.1. The summed E-state index contributed by atoms with van der Waals surface area (Å²) < 4.78 is 7.48. The molecule has 210 valence electrons. The highest BCUT2D eigenvalue weighted by molar-refractivity contribution is 5.81. The van der Waals surface area contributed by atoms with E-state index in [1.54, 1.807) is 4.57 Å². The van der Waals surface area contributed by atoms with Crippen molar-refractivity contribution < 1.29 is 20.1 Å². The average molecular weight is 520 g/mol. The molecule has 5 N–H and O–H groups in total. The van der Waals surface area contributed by atoms with Crippen molar-refractivity contribution in [3.05, 3.63) is 12.2 Å². The molecule has 1 aliphatic rings. The number of nitrogens with zero attached hydrogens (tertiary/aromatic N) is 4. The third kappa shape index (κ3) is 8.60. The quantitative estimate of drug-likeness (QED) is 0.194. The molecule has 2 aromatic heterocycles. The van der Waals surface area contributed by atoms with Crippen LogP contribution in [-0.4, -0.2) is 59.8 Å². The second-order valence-corrected chi connectivity index (χ2v) is 10.6. The number of aliphatic hydroxyl groups is 3. The highest BCUT2D eigenvalue weighted by Crippen LogP contribution is 2.34. The molecular formula is C28H49N5O4. The van der Waals surface area contributed by atoms with Crippen LogP contribution >= 0.6 is 0 Å². The Morgan fingerprint density at radius 3 is 1.86 bits per heavy atom. The number of fused-ring (bicyclic) bond motifs is 1. The molecule has 0 amide bonds. The standard InChI is InChI=1S/C28H49N5O4/c1-2-3-4-5-6-7-8-9-10-11-12-13-14-15-16-17-18-22-32-23-26(29)30-20-31-27(23)33(22)28-25(36)24(35)21(19-34)37-28/h20-21,24-25,28,34-36H,2-19H2,1H3,(H2,29,30,31)/t21-,24-,25-,28-/m1/s1. The van der Waals surface area contributed by atoms with Gasteiger partial charge in [-0.15, -0.1) is 0 Å². The van der Waals surface area contributed by atoms with Crippen molar-refractivity contribution in [2.75, 3.05) is 12.3 Å². The highest BCUT2D eigenvalue weighted by atomic mass is 16.6. The Kier molecular flexibility index (Phi) is 13.0. The number of hydrogen-bond donors (Lipinski definition) is 4. The van der Waals surface area contributed by atoms with Gasteiger partial charge in [0.1, 0.15) is 30.5 Å². The second kappa shape index (κ2) is 16.2. The molecule has 0 saturated carbocycles. The minimum absolute atomic E-state index is 0.267. The highest BCUT2D eigenvalue weighted by Gasteiger charge is 2.44. The molecule has 2 aromatic rings. The second-order valence-electron chi connectivity index (χ2n) is 10.6. The predicted octanol–water partition coefficient (Wildman–Crippen LogP) is 4.82. The van der Waals surface area contributed by atoms with Gasteiger partial charge in [0.2, 0.25) is 0 Å². The van der Waals surface area contributed by atoms with Crippen molar-refractivity contribution in [3.63, 3.8) is 0 Å². The summed E-state index contributed by atoms with van der Waals surface area (Å²) in [5.41, 5.74) is 6.95. The van der Waals surface area contributed by atoms with Crippen LogP contribution in [0.2, 0.25) is 0 Å². The van der Waals surface area contributed by atoms with Crippen LogP contribution in [0.3, 0.4) is 0 Å². The van der Waals surface area contributed by atoms with Crippen LogP contribution in [0.25, 0.3) is 11.2 Å². The van der Waals surface area contributed by atoms with Crippen LogP contribution in [0.1, 0.15) is 122 Å². The van der Waals surface area contributed by atoms with Crippen molar-refractivity contribution >= 4 is 17.0 Å². The number of ether oxygens (including phenoxy) is 1. The van der Waals surface area contributed by atoms with E-state index in [0.717, 1.165) is 12.8 Å². The molecule has 3 heterocycles. The number of aliphatic hydroxyl groups excluding tert-OH is 3. The lowest BCUT2D eigenvalue weighted by Crippen LogP contribution is -2.33. The molecule has 9 heteroatoms. The van der Waals surface area contributed by atoms with E-state index in [1.807, 2.05) is 0 Å². The zero-order chi connectivity index (χ0) is 26.5. The van der Waals surface area contributed by atoms with Crippen molar-refractivity contribution in [1.29, 1.82) is 0 Å². The predicted molar refractivity (Wildman–Crippen MR) is 146 cm³/mol. The summed E-state index contributed by atoms with van der Waals surface area (Å²) in [6.07, 6.45) is 18.9. The van der Waals surface area contributed by atoms with Gasteiger partial charge in [-0.2, -0.15) is 0 Å². The van der Waals surface area contributed by atoms with E-state index in [2.05, 4.69) is 21.9 Å². The van der Waals surface area contributed by atoms with Crippen LogP contribution in [0, 0.1) is 0 Å². The molecule has 9 nitrogen and oxygen atoms in total.